The van der Waals surface area contributed by atoms with Crippen molar-refractivity contribution in [3.05, 3.63) is 188 Å². The van der Waals surface area contributed by atoms with Crippen LogP contribution in [-0.2, 0) is 0 Å². The quantitative estimate of drug-likeness (QED) is 0.185. The Hall–Kier alpha value is -7.48. The van der Waals surface area contributed by atoms with Crippen molar-refractivity contribution in [1.82, 2.24) is 14.1 Å². The first-order valence-corrected chi connectivity index (χ1v) is 18.2. The van der Waals surface area contributed by atoms with Gasteiger partial charge in [0.15, 0.2) is 0 Å². The minimum Gasteiger partial charge on any atom is -0.309 e. The van der Waals surface area contributed by atoms with Crippen LogP contribution >= 0.6 is 0 Å². The van der Waals surface area contributed by atoms with E-state index in [0.717, 1.165) is 44.6 Å². The smallest absolute Gasteiger partial charge is 0.0999 e. The molecule has 0 fully saturated rings. The number of para-hydroxylation sites is 3. The van der Waals surface area contributed by atoms with Crippen LogP contribution in [0.3, 0.4) is 0 Å². The van der Waals surface area contributed by atoms with E-state index in [-0.39, 0.29) is 0 Å². The molecule has 0 bridgehead atoms. The summed E-state index contributed by atoms with van der Waals surface area (Å²) in [6.45, 7) is 0. The molecule has 0 aliphatic rings. The van der Waals surface area contributed by atoms with Gasteiger partial charge in [0.25, 0.3) is 0 Å². The molecule has 0 aliphatic heterocycles. The molecule has 250 valence electrons. The first kappa shape index (κ1) is 30.2. The molecule has 0 spiro atoms. The molecule has 0 radical (unpaired) electrons. The van der Waals surface area contributed by atoms with E-state index in [9.17, 15) is 5.26 Å². The van der Waals surface area contributed by atoms with Crippen molar-refractivity contribution in [3.63, 3.8) is 0 Å². The molecule has 54 heavy (non-hydrogen) atoms. The Bertz CT molecular complexity index is 3340. The van der Waals surface area contributed by atoms with Gasteiger partial charge in [0, 0.05) is 43.9 Å². The molecule has 8 aromatic carbocycles. The Kier molecular flexibility index (Phi) is 6.58. The van der Waals surface area contributed by atoms with E-state index in [4.69, 9.17) is 4.98 Å². The van der Waals surface area contributed by atoms with Gasteiger partial charge in [-0.05, 0) is 82.6 Å². The van der Waals surface area contributed by atoms with Crippen LogP contribution in [0.1, 0.15) is 5.56 Å². The average Bonchev–Trinajstić information content (AvgIpc) is 3.76. The Morgan fingerprint density at radius 1 is 0.426 bits per heavy atom. The molecule has 11 aromatic rings. The van der Waals surface area contributed by atoms with E-state index >= 15 is 0 Å². The zero-order valence-electron chi connectivity index (χ0n) is 29.1. The van der Waals surface area contributed by atoms with Gasteiger partial charge >= 0.3 is 0 Å². The molecule has 0 saturated carbocycles. The topological polar surface area (TPSA) is 46.5 Å². The van der Waals surface area contributed by atoms with Gasteiger partial charge in [-0.25, -0.2) is 4.98 Å². The van der Waals surface area contributed by atoms with Crippen molar-refractivity contribution in [2.24, 2.45) is 0 Å². The van der Waals surface area contributed by atoms with E-state index in [0.29, 0.717) is 5.56 Å². The maximum Gasteiger partial charge on any atom is 0.0999 e. The lowest BCUT2D eigenvalue weighted by Crippen LogP contribution is -1.95. The number of benzene rings is 8. The van der Waals surface area contributed by atoms with E-state index in [2.05, 4.69) is 167 Å². The number of rotatable bonds is 4. The monoisotopic (exact) mass is 686 g/mol. The lowest BCUT2D eigenvalue weighted by Gasteiger charge is -2.12. The van der Waals surface area contributed by atoms with Crippen LogP contribution in [0.5, 0.6) is 0 Å². The predicted molar refractivity (Wildman–Crippen MR) is 224 cm³/mol. The van der Waals surface area contributed by atoms with E-state index < -0.39 is 0 Å². The summed E-state index contributed by atoms with van der Waals surface area (Å²) in [5.41, 5.74) is 12.5. The largest absolute Gasteiger partial charge is 0.309 e. The molecule has 3 aromatic heterocycles. The van der Waals surface area contributed by atoms with E-state index in [1.54, 1.807) is 0 Å². The Balaban J connectivity index is 1.09. The summed E-state index contributed by atoms with van der Waals surface area (Å²) in [5, 5.41) is 18.1. The number of aromatic nitrogens is 3. The predicted octanol–water partition coefficient (Wildman–Crippen LogP) is 12.8. The van der Waals surface area contributed by atoms with Gasteiger partial charge in [-0.3, -0.25) is 0 Å². The van der Waals surface area contributed by atoms with Crippen molar-refractivity contribution < 1.29 is 0 Å². The maximum absolute atomic E-state index is 9.89. The fourth-order valence-corrected chi connectivity index (χ4v) is 8.47. The minimum atomic E-state index is 0.630. The Morgan fingerprint density at radius 2 is 1.06 bits per heavy atom. The maximum atomic E-state index is 9.89. The molecule has 4 heteroatoms. The third-order valence-electron chi connectivity index (χ3n) is 10.9. The molecule has 0 unspecified atom stereocenters. The number of pyridine rings is 1. The lowest BCUT2D eigenvalue weighted by atomic mass is 9.98. The third kappa shape index (κ3) is 4.52. The SMILES string of the molecule is N#Cc1cc(-c2ccc(-n3c4ccccc4c4c(-c5ccc6c7ccccc7n(-c7ccc8ccccc8c7)c6c5)cccc43)cc2)nc2ccccc12. The normalized spacial score (nSPS) is 11.7. The second-order valence-electron chi connectivity index (χ2n) is 13.9. The molecule has 3 heterocycles. The van der Waals surface area contributed by atoms with Gasteiger partial charge in [0.05, 0.1) is 44.9 Å². The van der Waals surface area contributed by atoms with Crippen LogP contribution in [0.15, 0.2) is 182 Å². The van der Waals surface area contributed by atoms with Crippen molar-refractivity contribution in [3.8, 4) is 39.8 Å². The van der Waals surface area contributed by atoms with Gasteiger partial charge in [0.2, 0.25) is 0 Å². The van der Waals surface area contributed by atoms with E-state index in [1.165, 1.54) is 54.5 Å². The van der Waals surface area contributed by atoms with Crippen LogP contribution in [0.2, 0.25) is 0 Å². The van der Waals surface area contributed by atoms with Gasteiger partial charge in [-0.15, -0.1) is 0 Å². The standard InChI is InChI=1S/C50H30N4/c51-31-36-29-45(52-44-16-6-3-12-39(36)44)33-21-24-37(25-22-33)53-47-18-8-5-14-43(47)50-40(15-9-19-48(50)53)35-23-27-42-41-13-4-7-17-46(41)54(49(42)30-35)38-26-20-32-10-1-2-11-34(32)28-38/h1-30H. The summed E-state index contributed by atoms with van der Waals surface area (Å²) in [7, 11) is 0. The number of hydrogen-bond acceptors (Lipinski definition) is 2. The molecular weight excluding hydrogens is 657 g/mol. The molecule has 0 amide bonds. The highest BCUT2D eigenvalue weighted by atomic mass is 15.0. The van der Waals surface area contributed by atoms with Gasteiger partial charge < -0.3 is 9.13 Å². The highest BCUT2D eigenvalue weighted by Crippen LogP contribution is 2.41. The zero-order valence-corrected chi connectivity index (χ0v) is 29.1. The zero-order chi connectivity index (χ0) is 35.8. The van der Waals surface area contributed by atoms with Crippen LogP contribution in [0.25, 0.3) is 99.0 Å². The summed E-state index contributed by atoms with van der Waals surface area (Å²) in [6, 6.07) is 66.9. The molecule has 0 N–H and O–H groups in total. The minimum absolute atomic E-state index is 0.630. The summed E-state index contributed by atoms with van der Waals surface area (Å²) in [4.78, 5) is 4.91. The summed E-state index contributed by atoms with van der Waals surface area (Å²) >= 11 is 0. The molecule has 0 atom stereocenters. The van der Waals surface area contributed by atoms with Crippen LogP contribution in [0.4, 0.5) is 0 Å². The highest BCUT2D eigenvalue weighted by Gasteiger charge is 2.19. The molecule has 0 aliphatic carbocycles. The second-order valence-corrected chi connectivity index (χ2v) is 13.9. The first-order chi connectivity index (χ1) is 26.7. The van der Waals surface area contributed by atoms with Crippen molar-refractivity contribution in [2.45, 2.75) is 0 Å². The van der Waals surface area contributed by atoms with Gasteiger partial charge in [0.1, 0.15) is 0 Å². The molecule has 11 rings (SSSR count). The average molecular weight is 687 g/mol. The van der Waals surface area contributed by atoms with Crippen LogP contribution < -0.4 is 0 Å². The van der Waals surface area contributed by atoms with Crippen LogP contribution in [-0.4, -0.2) is 14.1 Å². The molecular formula is C50H30N4. The number of nitrogens with zero attached hydrogens (tertiary/aromatic N) is 4. The lowest BCUT2D eigenvalue weighted by molar-refractivity contribution is 1.18. The Labute approximate surface area is 311 Å². The van der Waals surface area contributed by atoms with E-state index in [1.807, 2.05) is 30.3 Å². The summed E-state index contributed by atoms with van der Waals surface area (Å²) in [5.74, 6) is 0. The second kappa shape index (κ2) is 11.8. The van der Waals surface area contributed by atoms with Gasteiger partial charge in [-0.1, -0.05) is 121 Å². The van der Waals surface area contributed by atoms with Crippen molar-refractivity contribution in [1.29, 1.82) is 5.26 Å². The highest BCUT2D eigenvalue weighted by molar-refractivity contribution is 6.17. The summed E-state index contributed by atoms with van der Waals surface area (Å²) in [6.07, 6.45) is 0. The molecule has 4 nitrogen and oxygen atoms in total. The Morgan fingerprint density at radius 3 is 1.89 bits per heavy atom. The van der Waals surface area contributed by atoms with Crippen LogP contribution in [0, 0.1) is 11.3 Å². The summed E-state index contributed by atoms with van der Waals surface area (Å²) < 4.78 is 4.77. The fourth-order valence-electron chi connectivity index (χ4n) is 8.47. The number of nitriles is 1. The number of hydrogen-bond donors (Lipinski definition) is 0. The number of fused-ring (bicyclic) bond motifs is 8. The fraction of sp³-hybridized carbons (Fsp3) is 0. The third-order valence-corrected chi connectivity index (χ3v) is 10.9. The van der Waals surface area contributed by atoms with Crippen molar-refractivity contribution >= 4 is 65.3 Å². The van der Waals surface area contributed by atoms with Gasteiger partial charge in [-0.2, -0.15) is 5.26 Å². The first-order valence-electron chi connectivity index (χ1n) is 18.2. The molecule has 0 saturated heterocycles. The van der Waals surface area contributed by atoms with Crippen molar-refractivity contribution in [2.75, 3.05) is 0 Å².